The third-order valence-electron chi connectivity index (χ3n) is 1.16. The normalized spacial score (nSPS) is 9.67. The number of nitrogens with two attached hydrogens (primary N) is 1. The van der Waals surface area contributed by atoms with E-state index in [0.29, 0.717) is 4.90 Å². The minimum Gasteiger partial charge on any atom is -0.508 e. The molecule has 0 aliphatic carbocycles. The van der Waals surface area contributed by atoms with E-state index in [1.165, 1.54) is 18.2 Å². The van der Waals surface area contributed by atoms with Crippen LogP contribution in [-0.2, 0) is 0 Å². The van der Waals surface area contributed by atoms with Crippen molar-refractivity contribution in [3.05, 3.63) is 18.2 Å². The van der Waals surface area contributed by atoms with Crippen LogP contribution in [0, 0.1) is 5.41 Å². The van der Waals surface area contributed by atoms with Gasteiger partial charge < -0.3 is 15.9 Å². The van der Waals surface area contributed by atoms with Gasteiger partial charge in [-0.25, -0.2) is 0 Å². The van der Waals surface area contributed by atoms with Gasteiger partial charge in [0.25, 0.3) is 0 Å². The van der Waals surface area contributed by atoms with Crippen LogP contribution in [0.3, 0.4) is 0 Å². The molecule has 0 saturated heterocycles. The maximum atomic E-state index is 9.20. The van der Waals surface area contributed by atoms with E-state index < -0.39 is 0 Å². The predicted octanol–water partition coefficient (Wildman–Crippen LogP) is 1.08. The summed E-state index contributed by atoms with van der Waals surface area (Å²) in [6.45, 7) is 0. The molecule has 0 fully saturated rings. The van der Waals surface area contributed by atoms with Crippen molar-refractivity contribution in [2.24, 2.45) is 5.73 Å². The summed E-state index contributed by atoms with van der Waals surface area (Å²) in [5.41, 5.74) is 5.10. The quantitative estimate of drug-likeness (QED) is 0.227. The molecule has 0 amide bonds. The second-order valence-electron chi connectivity index (χ2n) is 2.12. The second kappa shape index (κ2) is 3.36. The Labute approximate surface area is 73.5 Å². The highest BCUT2D eigenvalue weighted by molar-refractivity contribution is 8.13. The molecule has 1 aromatic carbocycles. The molecule has 0 bridgehead atoms. The molecule has 12 heavy (non-hydrogen) atoms. The first-order valence-electron chi connectivity index (χ1n) is 3.13. The lowest BCUT2D eigenvalue weighted by atomic mass is 10.3. The van der Waals surface area contributed by atoms with Gasteiger partial charge in [-0.2, -0.15) is 0 Å². The van der Waals surface area contributed by atoms with Crippen LogP contribution in [0.4, 0.5) is 0 Å². The van der Waals surface area contributed by atoms with Crippen LogP contribution in [-0.4, -0.2) is 15.4 Å². The Hall–Kier alpha value is -1.36. The number of phenols is 2. The van der Waals surface area contributed by atoms with E-state index in [0.717, 1.165) is 11.8 Å². The molecule has 0 atom stereocenters. The number of thioether (sulfide) groups is 1. The molecule has 0 saturated carbocycles. The van der Waals surface area contributed by atoms with Crippen molar-refractivity contribution in [3.63, 3.8) is 0 Å². The summed E-state index contributed by atoms with van der Waals surface area (Å²) in [6.07, 6.45) is 0. The average molecular weight is 184 g/mol. The molecule has 0 heterocycles. The third kappa shape index (κ3) is 2.06. The number of phenolic OH excluding ortho intramolecular Hbond substituents is 2. The molecule has 0 unspecified atom stereocenters. The average Bonchev–Trinajstić information content (AvgIpc) is 1.96. The number of nitrogens with one attached hydrogen (secondary N) is 1. The molecule has 0 aliphatic heterocycles. The monoisotopic (exact) mass is 184 g/mol. The lowest BCUT2D eigenvalue weighted by Gasteiger charge is -2.02. The Morgan fingerprint density at radius 1 is 1.42 bits per heavy atom. The standard InChI is InChI=1S/C7H8N2O2S/c8-7(9)12-6-3-4(10)1-2-5(6)11/h1-3,10-11H,(H3,8,9). The molecule has 64 valence electrons. The Kier molecular flexibility index (Phi) is 2.44. The fourth-order valence-corrected chi connectivity index (χ4v) is 1.29. The van der Waals surface area contributed by atoms with E-state index in [9.17, 15) is 5.11 Å². The van der Waals surface area contributed by atoms with Gasteiger partial charge in [0, 0.05) is 0 Å². The van der Waals surface area contributed by atoms with Crippen LogP contribution in [0.1, 0.15) is 0 Å². The van der Waals surface area contributed by atoms with Crippen molar-refractivity contribution in [1.29, 1.82) is 5.41 Å². The summed E-state index contributed by atoms with van der Waals surface area (Å²) in [4.78, 5) is 0.377. The first-order valence-corrected chi connectivity index (χ1v) is 3.95. The number of aromatic hydroxyl groups is 2. The molecule has 5 heteroatoms. The van der Waals surface area contributed by atoms with Crippen molar-refractivity contribution in [3.8, 4) is 11.5 Å². The van der Waals surface area contributed by atoms with Gasteiger partial charge in [0.15, 0.2) is 5.17 Å². The van der Waals surface area contributed by atoms with Gasteiger partial charge in [-0.3, -0.25) is 5.41 Å². The Morgan fingerprint density at radius 3 is 2.67 bits per heavy atom. The number of rotatable bonds is 1. The molecule has 5 N–H and O–H groups in total. The lowest BCUT2D eigenvalue weighted by molar-refractivity contribution is 0.449. The van der Waals surface area contributed by atoms with Crippen molar-refractivity contribution in [2.75, 3.05) is 0 Å². The van der Waals surface area contributed by atoms with E-state index in [2.05, 4.69) is 0 Å². The molecule has 0 aromatic heterocycles. The molecule has 1 rings (SSSR count). The summed E-state index contributed by atoms with van der Waals surface area (Å²) in [5.74, 6) is 0.0459. The van der Waals surface area contributed by atoms with E-state index >= 15 is 0 Å². The highest BCUT2D eigenvalue weighted by Gasteiger charge is 2.03. The summed E-state index contributed by atoms with van der Waals surface area (Å²) in [5, 5.41) is 25.0. The first-order chi connectivity index (χ1) is 5.59. The summed E-state index contributed by atoms with van der Waals surface area (Å²) in [7, 11) is 0. The van der Waals surface area contributed by atoms with Crippen molar-refractivity contribution in [2.45, 2.75) is 4.90 Å². The van der Waals surface area contributed by atoms with Gasteiger partial charge in [-0.15, -0.1) is 0 Å². The molecule has 1 aromatic rings. The minimum absolute atomic E-state index is 0.00741. The SMILES string of the molecule is N=C(N)Sc1cc(O)ccc1O. The van der Waals surface area contributed by atoms with Crippen LogP contribution in [0.15, 0.2) is 23.1 Å². The van der Waals surface area contributed by atoms with Crippen LogP contribution in [0.5, 0.6) is 11.5 Å². The van der Waals surface area contributed by atoms with Crippen LogP contribution in [0.25, 0.3) is 0 Å². The Bertz CT molecular complexity index is 314. The van der Waals surface area contributed by atoms with Crippen molar-refractivity contribution >= 4 is 16.9 Å². The topological polar surface area (TPSA) is 90.3 Å². The highest BCUT2D eigenvalue weighted by atomic mass is 32.2. The molecule has 4 nitrogen and oxygen atoms in total. The molecule has 0 radical (unpaired) electrons. The zero-order valence-electron chi connectivity index (χ0n) is 6.11. The van der Waals surface area contributed by atoms with E-state index in [-0.39, 0.29) is 16.7 Å². The van der Waals surface area contributed by atoms with Gasteiger partial charge in [0.2, 0.25) is 0 Å². The van der Waals surface area contributed by atoms with Crippen molar-refractivity contribution < 1.29 is 10.2 Å². The molecule has 0 aliphatic rings. The van der Waals surface area contributed by atoms with E-state index in [1.54, 1.807) is 0 Å². The first kappa shape index (κ1) is 8.73. The zero-order valence-corrected chi connectivity index (χ0v) is 6.93. The van der Waals surface area contributed by atoms with E-state index in [4.69, 9.17) is 16.2 Å². The third-order valence-corrected chi connectivity index (χ3v) is 1.93. The number of hydrogen-bond acceptors (Lipinski definition) is 4. The highest BCUT2D eigenvalue weighted by Crippen LogP contribution is 2.30. The van der Waals surface area contributed by atoms with Gasteiger partial charge in [0.05, 0.1) is 4.90 Å². The van der Waals surface area contributed by atoms with Gasteiger partial charge in [-0.1, -0.05) is 0 Å². The maximum Gasteiger partial charge on any atom is 0.156 e. The Balaban J connectivity index is 2.97. The van der Waals surface area contributed by atoms with Crippen LogP contribution >= 0.6 is 11.8 Å². The summed E-state index contributed by atoms with van der Waals surface area (Å²) < 4.78 is 0. The summed E-state index contributed by atoms with van der Waals surface area (Å²) >= 11 is 0.890. The van der Waals surface area contributed by atoms with Gasteiger partial charge in [-0.05, 0) is 30.0 Å². The molecular weight excluding hydrogens is 176 g/mol. The fraction of sp³-hybridized carbons (Fsp3) is 0. The van der Waals surface area contributed by atoms with Crippen LogP contribution in [0.2, 0.25) is 0 Å². The molecule has 0 spiro atoms. The Morgan fingerprint density at radius 2 is 2.08 bits per heavy atom. The fourth-order valence-electron chi connectivity index (χ4n) is 0.703. The van der Waals surface area contributed by atoms with E-state index in [1.807, 2.05) is 0 Å². The smallest absolute Gasteiger partial charge is 0.156 e. The minimum atomic E-state index is -0.129. The maximum absolute atomic E-state index is 9.20. The number of benzene rings is 1. The predicted molar refractivity (Wildman–Crippen MR) is 47.5 cm³/mol. The lowest BCUT2D eigenvalue weighted by Crippen LogP contribution is -2.02. The van der Waals surface area contributed by atoms with Crippen LogP contribution < -0.4 is 5.73 Å². The summed E-state index contributed by atoms with van der Waals surface area (Å²) in [6, 6.07) is 4.06. The van der Waals surface area contributed by atoms with Gasteiger partial charge >= 0.3 is 0 Å². The number of amidine groups is 1. The zero-order chi connectivity index (χ0) is 9.14. The largest absolute Gasteiger partial charge is 0.508 e. The van der Waals surface area contributed by atoms with Gasteiger partial charge in [0.1, 0.15) is 11.5 Å². The molecular formula is C7H8N2O2S. The van der Waals surface area contributed by atoms with Crippen molar-refractivity contribution in [1.82, 2.24) is 0 Å². The second-order valence-corrected chi connectivity index (χ2v) is 3.20. The number of hydrogen-bond donors (Lipinski definition) is 4.